The van der Waals surface area contributed by atoms with Gasteiger partial charge in [-0.2, -0.15) is 5.10 Å². The molecule has 0 amide bonds. The lowest BCUT2D eigenvalue weighted by Gasteiger charge is -1.99. The van der Waals surface area contributed by atoms with Crippen molar-refractivity contribution in [3.8, 4) is 0 Å². The number of aryl methyl sites for hydroxylation is 3. The maximum absolute atomic E-state index is 6.04. The lowest BCUT2D eigenvalue weighted by Crippen LogP contribution is -1.93. The molecule has 0 unspecified atom stereocenters. The van der Waals surface area contributed by atoms with E-state index in [0.29, 0.717) is 0 Å². The van der Waals surface area contributed by atoms with Crippen molar-refractivity contribution in [3.63, 3.8) is 0 Å². The van der Waals surface area contributed by atoms with E-state index >= 15 is 0 Å². The highest BCUT2D eigenvalue weighted by molar-refractivity contribution is 8.01. The molecule has 0 aromatic carbocycles. The highest BCUT2D eigenvalue weighted by atomic mass is 32.2. The number of aromatic nitrogens is 3. The first kappa shape index (κ1) is 11.5. The Hall–Kier alpha value is -1.01. The van der Waals surface area contributed by atoms with Gasteiger partial charge in [0.05, 0.1) is 11.4 Å². The highest BCUT2D eigenvalue weighted by Gasteiger charge is 2.14. The number of rotatable bonds is 3. The van der Waals surface area contributed by atoms with Gasteiger partial charge in [0.25, 0.3) is 0 Å². The van der Waals surface area contributed by atoms with Gasteiger partial charge < -0.3 is 5.73 Å². The van der Waals surface area contributed by atoms with E-state index in [-0.39, 0.29) is 0 Å². The molecule has 2 aromatic heterocycles. The van der Waals surface area contributed by atoms with Crippen molar-refractivity contribution in [2.24, 2.45) is 7.05 Å². The summed E-state index contributed by atoms with van der Waals surface area (Å²) in [6.45, 7) is 4.05. The van der Waals surface area contributed by atoms with Crippen molar-refractivity contribution in [1.29, 1.82) is 0 Å². The fourth-order valence-electron chi connectivity index (χ4n) is 1.42. The summed E-state index contributed by atoms with van der Waals surface area (Å²) in [5, 5.41) is 7.39. The molecular formula is C10H14N4S2. The van der Waals surface area contributed by atoms with Crippen LogP contribution in [0.25, 0.3) is 0 Å². The molecule has 0 aliphatic carbocycles. The Labute approximate surface area is 103 Å². The minimum absolute atomic E-state index is 0.780. The van der Waals surface area contributed by atoms with Crippen LogP contribution < -0.4 is 5.73 Å². The predicted octanol–water partition coefficient (Wildman–Crippen LogP) is 2.48. The zero-order chi connectivity index (χ0) is 11.7. The van der Waals surface area contributed by atoms with Crippen LogP contribution in [0, 0.1) is 6.92 Å². The number of nitrogens with two attached hydrogens (primary N) is 1. The standard InChI is InChI=1S/C10H14N4S2/c1-4-7-8(11)9(14(3)13-7)16-10-12-6(2)5-15-10/h5H,4,11H2,1-3H3. The molecule has 16 heavy (non-hydrogen) atoms. The minimum atomic E-state index is 0.780. The first-order chi connectivity index (χ1) is 7.61. The van der Waals surface area contributed by atoms with Crippen LogP contribution >= 0.6 is 23.1 Å². The van der Waals surface area contributed by atoms with Crippen molar-refractivity contribution in [2.75, 3.05) is 5.73 Å². The largest absolute Gasteiger partial charge is 0.395 e. The van der Waals surface area contributed by atoms with Gasteiger partial charge in [0, 0.05) is 18.1 Å². The van der Waals surface area contributed by atoms with Crippen LogP contribution in [0.3, 0.4) is 0 Å². The number of thiazole rings is 1. The number of hydrogen-bond acceptors (Lipinski definition) is 5. The lowest BCUT2D eigenvalue weighted by atomic mass is 10.3. The van der Waals surface area contributed by atoms with Crippen LogP contribution in [0.1, 0.15) is 18.3 Å². The van der Waals surface area contributed by atoms with Gasteiger partial charge in [-0.05, 0) is 25.1 Å². The van der Waals surface area contributed by atoms with E-state index < -0.39 is 0 Å². The average Bonchev–Trinajstić information content (AvgIpc) is 2.77. The smallest absolute Gasteiger partial charge is 0.156 e. The van der Waals surface area contributed by atoms with Crippen molar-refractivity contribution in [1.82, 2.24) is 14.8 Å². The van der Waals surface area contributed by atoms with Gasteiger partial charge in [0.1, 0.15) is 5.03 Å². The summed E-state index contributed by atoms with van der Waals surface area (Å²) < 4.78 is 2.84. The molecule has 2 heterocycles. The third-order valence-corrected chi connectivity index (χ3v) is 4.46. The fourth-order valence-corrected chi connectivity index (χ4v) is 3.27. The first-order valence-electron chi connectivity index (χ1n) is 5.03. The first-order valence-corrected chi connectivity index (χ1v) is 6.72. The lowest BCUT2D eigenvalue weighted by molar-refractivity contribution is 0.687. The molecule has 0 saturated heterocycles. The van der Waals surface area contributed by atoms with E-state index in [2.05, 4.69) is 17.0 Å². The Morgan fingerprint density at radius 2 is 2.31 bits per heavy atom. The van der Waals surface area contributed by atoms with Gasteiger partial charge in [-0.15, -0.1) is 11.3 Å². The molecule has 0 atom stereocenters. The quantitative estimate of drug-likeness (QED) is 0.914. The summed E-state index contributed by atoms with van der Waals surface area (Å²) in [5.74, 6) is 0. The van der Waals surface area contributed by atoms with Crippen molar-refractivity contribution in [3.05, 3.63) is 16.8 Å². The Balaban J connectivity index is 2.30. The summed E-state index contributed by atoms with van der Waals surface area (Å²) >= 11 is 3.21. The molecule has 0 radical (unpaired) electrons. The topological polar surface area (TPSA) is 56.7 Å². The molecule has 0 spiro atoms. The normalized spacial score (nSPS) is 10.9. The molecule has 4 nitrogen and oxygen atoms in total. The van der Waals surface area contributed by atoms with E-state index in [1.165, 1.54) is 0 Å². The minimum Gasteiger partial charge on any atom is -0.395 e. The Bertz CT molecular complexity index is 501. The maximum atomic E-state index is 6.04. The number of anilines is 1. The van der Waals surface area contributed by atoms with Gasteiger partial charge in [0.15, 0.2) is 4.34 Å². The van der Waals surface area contributed by atoms with E-state index in [1.807, 2.05) is 24.0 Å². The van der Waals surface area contributed by atoms with Crippen LogP contribution in [-0.2, 0) is 13.5 Å². The number of nitrogen functional groups attached to an aromatic ring is 1. The van der Waals surface area contributed by atoms with Gasteiger partial charge in [-0.3, -0.25) is 4.68 Å². The van der Waals surface area contributed by atoms with Crippen molar-refractivity contribution < 1.29 is 0 Å². The van der Waals surface area contributed by atoms with Gasteiger partial charge in [-0.25, -0.2) is 4.98 Å². The Morgan fingerprint density at radius 1 is 1.56 bits per heavy atom. The number of hydrogen-bond donors (Lipinski definition) is 1. The van der Waals surface area contributed by atoms with Crippen molar-refractivity contribution >= 4 is 28.8 Å². The van der Waals surface area contributed by atoms with E-state index in [0.717, 1.165) is 32.9 Å². The average molecular weight is 254 g/mol. The van der Waals surface area contributed by atoms with Gasteiger partial charge in [-0.1, -0.05) is 6.92 Å². The zero-order valence-corrected chi connectivity index (χ0v) is 11.2. The summed E-state index contributed by atoms with van der Waals surface area (Å²) in [6.07, 6.45) is 0.858. The molecule has 0 aliphatic heterocycles. The van der Waals surface area contributed by atoms with Crippen LogP contribution in [0.2, 0.25) is 0 Å². The van der Waals surface area contributed by atoms with Gasteiger partial charge >= 0.3 is 0 Å². The molecule has 0 bridgehead atoms. The molecule has 0 aliphatic rings. The SMILES string of the molecule is CCc1nn(C)c(Sc2nc(C)cs2)c1N. The van der Waals surface area contributed by atoms with E-state index in [1.54, 1.807) is 23.1 Å². The van der Waals surface area contributed by atoms with Crippen LogP contribution in [0.15, 0.2) is 14.7 Å². The molecule has 6 heteroatoms. The van der Waals surface area contributed by atoms with Crippen LogP contribution in [0.5, 0.6) is 0 Å². The van der Waals surface area contributed by atoms with E-state index in [9.17, 15) is 0 Å². The molecule has 2 rings (SSSR count). The summed E-state index contributed by atoms with van der Waals surface area (Å²) in [5.41, 5.74) is 8.82. The Kier molecular flexibility index (Phi) is 3.20. The molecular weight excluding hydrogens is 240 g/mol. The third-order valence-electron chi connectivity index (χ3n) is 2.22. The molecule has 86 valence electrons. The molecule has 2 aromatic rings. The van der Waals surface area contributed by atoms with Crippen LogP contribution in [0.4, 0.5) is 5.69 Å². The third kappa shape index (κ3) is 2.08. The molecule has 0 fully saturated rings. The van der Waals surface area contributed by atoms with Gasteiger partial charge in [0.2, 0.25) is 0 Å². The molecule has 2 N–H and O–H groups in total. The monoisotopic (exact) mass is 254 g/mol. The molecule has 0 saturated carbocycles. The number of nitrogens with zero attached hydrogens (tertiary/aromatic N) is 3. The summed E-state index contributed by atoms with van der Waals surface area (Å²) in [7, 11) is 1.91. The second kappa shape index (κ2) is 4.47. The second-order valence-corrected chi connectivity index (χ2v) is 5.59. The maximum Gasteiger partial charge on any atom is 0.156 e. The summed E-state index contributed by atoms with van der Waals surface area (Å²) in [4.78, 5) is 4.41. The fraction of sp³-hybridized carbons (Fsp3) is 0.400. The zero-order valence-electron chi connectivity index (χ0n) is 9.52. The summed E-state index contributed by atoms with van der Waals surface area (Å²) in [6, 6.07) is 0. The highest BCUT2D eigenvalue weighted by Crippen LogP contribution is 2.35. The van der Waals surface area contributed by atoms with Crippen LogP contribution in [-0.4, -0.2) is 14.8 Å². The Morgan fingerprint density at radius 3 is 2.81 bits per heavy atom. The predicted molar refractivity (Wildman–Crippen MR) is 68.0 cm³/mol. The van der Waals surface area contributed by atoms with Crippen molar-refractivity contribution in [2.45, 2.75) is 29.6 Å². The second-order valence-electron chi connectivity index (χ2n) is 3.50. The van der Waals surface area contributed by atoms with E-state index in [4.69, 9.17) is 5.73 Å².